The Morgan fingerprint density at radius 2 is 1.72 bits per heavy atom. The molecule has 0 saturated carbocycles. The van der Waals surface area contributed by atoms with Gasteiger partial charge < -0.3 is 9.64 Å². The Morgan fingerprint density at radius 3 is 2.44 bits per heavy atom. The molecule has 0 aliphatic carbocycles. The van der Waals surface area contributed by atoms with Crippen LogP contribution >= 0.6 is 0 Å². The van der Waals surface area contributed by atoms with E-state index in [4.69, 9.17) is 4.74 Å². The third-order valence-electron chi connectivity index (χ3n) is 5.86. The highest BCUT2D eigenvalue weighted by Gasteiger charge is 2.23. The molecule has 0 bridgehead atoms. The number of carbonyl (C=O) groups excluding carboxylic acids is 1. The van der Waals surface area contributed by atoms with Gasteiger partial charge in [0.05, 0.1) is 5.69 Å². The lowest BCUT2D eigenvalue weighted by atomic mass is 10.1. The third-order valence-corrected chi connectivity index (χ3v) is 5.86. The van der Waals surface area contributed by atoms with Crippen LogP contribution in [0, 0.1) is 13.8 Å². The minimum absolute atomic E-state index is 0.282. The Hall–Kier alpha value is -3.25. The van der Waals surface area contributed by atoms with E-state index in [1.54, 1.807) is 4.90 Å². The highest BCUT2D eigenvalue weighted by atomic mass is 16.6. The predicted octanol–water partition coefficient (Wildman–Crippen LogP) is 4.20. The summed E-state index contributed by atoms with van der Waals surface area (Å²) in [5.74, 6) is 0.583. The van der Waals surface area contributed by atoms with Gasteiger partial charge in [-0.2, -0.15) is 0 Å². The Balaban J connectivity index is 1.23. The molecule has 1 fully saturated rings. The fourth-order valence-corrected chi connectivity index (χ4v) is 3.94. The third kappa shape index (κ3) is 5.92. The van der Waals surface area contributed by atoms with E-state index in [0.29, 0.717) is 18.8 Å². The molecule has 1 aliphatic heterocycles. The van der Waals surface area contributed by atoms with Crippen molar-refractivity contribution in [3.63, 3.8) is 0 Å². The molecule has 0 spiro atoms. The van der Waals surface area contributed by atoms with Crippen molar-refractivity contribution < 1.29 is 9.53 Å². The molecule has 1 amide bonds. The molecule has 3 aromatic rings. The molecule has 3 heterocycles. The molecule has 0 radical (unpaired) electrons. The van der Waals surface area contributed by atoms with Crippen LogP contribution in [0.2, 0.25) is 0 Å². The first-order chi connectivity index (χ1) is 15.6. The molecule has 1 aromatic carbocycles. The molecule has 6 heteroatoms. The van der Waals surface area contributed by atoms with Gasteiger partial charge in [0, 0.05) is 50.3 Å². The van der Waals surface area contributed by atoms with Crippen LogP contribution in [0.1, 0.15) is 28.2 Å². The van der Waals surface area contributed by atoms with E-state index >= 15 is 0 Å². The predicted molar refractivity (Wildman–Crippen MR) is 125 cm³/mol. The van der Waals surface area contributed by atoms with Gasteiger partial charge in [0.25, 0.3) is 0 Å². The van der Waals surface area contributed by atoms with Crippen molar-refractivity contribution in [3.8, 4) is 5.75 Å². The van der Waals surface area contributed by atoms with Gasteiger partial charge in [-0.25, -0.2) is 4.79 Å². The summed E-state index contributed by atoms with van der Waals surface area (Å²) in [6, 6.07) is 17.9. The lowest BCUT2D eigenvalue weighted by Gasteiger charge is -2.33. The van der Waals surface area contributed by atoms with Crippen LogP contribution in [0.3, 0.4) is 0 Å². The first kappa shape index (κ1) is 22.0. The normalized spacial score (nSPS) is 14.4. The van der Waals surface area contributed by atoms with Crippen molar-refractivity contribution in [1.29, 1.82) is 0 Å². The number of nitrogens with zero attached hydrogens (tertiary/aromatic N) is 4. The van der Waals surface area contributed by atoms with E-state index in [1.807, 2.05) is 55.6 Å². The number of aryl methyl sites for hydroxylation is 4. The maximum Gasteiger partial charge on any atom is 0.415 e. The molecule has 2 aromatic heterocycles. The van der Waals surface area contributed by atoms with Crippen molar-refractivity contribution in [2.24, 2.45) is 0 Å². The van der Waals surface area contributed by atoms with Gasteiger partial charge in [-0.05, 0) is 68.1 Å². The molecule has 6 nitrogen and oxygen atoms in total. The van der Waals surface area contributed by atoms with Crippen molar-refractivity contribution >= 4 is 6.09 Å². The molecule has 0 unspecified atom stereocenters. The van der Waals surface area contributed by atoms with E-state index in [9.17, 15) is 4.79 Å². The molecule has 0 N–H and O–H groups in total. The summed E-state index contributed by atoms with van der Waals surface area (Å²) >= 11 is 0. The van der Waals surface area contributed by atoms with E-state index in [0.717, 1.165) is 49.6 Å². The summed E-state index contributed by atoms with van der Waals surface area (Å²) in [6.07, 6.45) is 3.36. The van der Waals surface area contributed by atoms with E-state index < -0.39 is 0 Å². The lowest BCUT2D eigenvalue weighted by molar-refractivity contribution is 0.107. The average molecular weight is 431 g/mol. The minimum Gasteiger partial charge on any atom is -0.410 e. The number of hydrogen-bond acceptors (Lipinski definition) is 5. The lowest BCUT2D eigenvalue weighted by Crippen LogP contribution is -2.49. The van der Waals surface area contributed by atoms with E-state index in [-0.39, 0.29) is 6.09 Å². The molecule has 166 valence electrons. The van der Waals surface area contributed by atoms with Crippen molar-refractivity contribution in [3.05, 3.63) is 89.0 Å². The Bertz CT molecular complexity index is 1040. The molecule has 4 rings (SSSR count). The second-order valence-electron chi connectivity index (χ2n) is 8.31. The number of piperazine rings is 1. The van der Waals surface area contributed by atoms with Gasteiger partial charge in [0.2, 0.25) is 0 Å². The maximum absolute atomic E-state index is 12.6. The van der Waals surface area contributed by atoms with Crippen LogP contribution in [0.5, 0.6) is 5.75 Å². The van der Waals surface area contributed by atoms with Gasteiger partial charge in [0.15, 0.2) is 0 Å². The van der Waals surface area contributed by atoms with Gasteiger partial charge >= 0.3 is 6.09 Å². The summed E-state index contributed by atoms with van der Waals surface area (Å²) < 4.78 is 5.60. The molecule has 1 saturated heterocycles. The van der Waals surface area contributed by atoms with Crippen LogP contribution in [0.4, 0.5) is 4.79 Å². The Kier molecular flexibility index (Phi) is 7.12. The monoisotopic (exact) mass is 430 g/mol. The highest BCUT2D eigenvalue weighted by molar-refractivity contribution is 5.70. The summed E-state index contributed by atoms with van der Waals surface area (Å²) in [5.41, 5.74) is 5.64. The molecule has 32 heavy (non-hydrogen) atoms. The molecular formula is C26H30N4O2. The zero-order chi connectivity index (χ0) is 22.3. The zero-order valence-corrected chi connectivity index (χ0v) is 18.8. The van der Waals surface area contributed by atoms with E-state index in [2.05, 4.69) is 33.9 Å². The van der Waals surface area contributed by atoms with Crippen molar-refractivity contribution in [2.45, 2.75) is 33.2 Å². The molecular weight excluding hydrogens is 400 g/mol. The van der Waals surface area contributed by atoms with Gasteiger partial charge in [0.1, 0.15) is 5.75 Å². The van der Waals surface area contributed by atoms with Crippen LogP contribution in [0.25, 0.3) is 0 Å². The second kappa shape index (κ2) is 10.4. The Labute approximate surface area is 189 Å². The first-order valence-electron chi connectivity index (χ1n) is 11.2. The summed E-state index contributed by atoms with van der Waals surface area (Å²) in [6.45, 7) is 7.85. The maximum atomic E-state index is 12.6. The van der Waals surface area contributed by atoms with Gasteiger partial charge in [-0.15, -0.1) is 0 Å². The number of aromatic nitrogens is 2. The number of amides is 1. The first-order valence-corrected chi connectivity index (χ1v) is 11.2. The number of rotatable bonds is 6. The minimum atomic E-state index is -0.282. The average Bonchev–Trinajstić information content (AvgIpc) is 2.80. The van der Waals surface area contributed by atoms with Crippen molar-refractivity contribution in [2.75, 3.05) is 26.2 Å². The fraction of sp³-hybridized carbons (Fsp3) is 0.346. The van der Waals surface area contributed by atoms with E-state index in [1.165, 1.54) is 11.1 Å². The number of pyridine rings is 2. The number of hydrogen-bond donors (Lipinski definition) is 0. The standard InChI is InChI=1S/C26H30N4O2/c1-20-5-4-14-27-25(20)13-10-22-8-11-24(12-9-22)32-26(31)30-17-15-29(16-18-30)19-23-7-3-6-21(2)28-23/h3-9,11-12,14H,10,13,15-19H2,1-2H3. The van der Waals surface area contributed by atoms with Crippen molar-refractivity contribution in [1.82, 2.24) is 19.8 Å². The summed E-state index contributed by atoms with van der Waals surface area (Å²) in [4.78, 5) is 25.7. The number of benzene rings is 1. The number of carbonyl (C=O) groups is 1. The zero-order valence-electron chi connectivity index (χ0n) is 18.8. The second-order valence-corrected chi connectivity index (χ2v) is 8.31. The topological polar surface area (TPSA) is 58.6 Å². The molecule has 0 atom stereocenters. The van der Waals surface area contributed by atoms with Crippen LogP contribution < -0.4 is 4.74 Å². The highest BCUT2D eigenvalue weighted by Crippen LogP contribution is 2.17. The SMILES string of the molecule is Cc1cccc(CN2CCN(C(=O)Oc3ccc(CCc4ncccc4C)cc3)CC2)n1. The summed E-state index contributed by atoms with van der Waals surface area (Å²) in [7, 11) is 0. The largest absolute Gasteiger partial charge is 0.415 e. The number of ether oxygens (including phenoxy) is 1. The molecule has 1 aliphatic rings. The smallest absolute Gasteiger partial charge is 0.410 e. The summed E-state index contributed by atoms with van der Waals surface area (Å²) in [5, 5.41) is 0. The Morgan fingerprint density at radius 1 is 0.938 bits per heavy atom. The van der Waals surface area contributed by atoms with Gasteiger partial charge in [-0.1, -0.05) is 24.3 Å². The van der Waals surface area contributed by atoms with Crippen LogP contribution in [-0.2, 0) is 19.4 Å². The van der Waals surface area contributed by atoms with Gasteiger partial charge in [-0.3, -0.25) is 14.9 Å². The quantitative estimate of drug-likeness (QED) is 0.587. The van der Waals surface area contributed by atoms with Crippen LogP contribution in [0.15, 0.2) is 60.8 Å². The fourth-order valence-electron chi connectivity index (χ4n) is 3.94. The van der Waals surface area contributed by atoms with Crippen LogP contribution in [-0.4, -0.2) is 52.0 Å².